The van der Waals surface area contributed by atoms with Gasteiger partial charge in [-0.15, -0.1) is 0 Å². The van der Waals surface area contributed by atoms with E-state index in [1.54, 1.807) is 12.1 Å². The number of fused-ring (bicyclic) bond motifs is 1. The SMILES string of the molecule is O=C(Nc1cccc2c1CCC2)Oc1ccccc1. The van der Waals surface area contributed by atoms with Gasteiger partial charge in [0.15, 0.2) is 0 Å². The first-order chi connectivity index (χ1) is 9.33. The monoisotopic (exact) mass is 253 g/mol. The molecule has 2 aromatic carbocycles. The fourth-order valence-corrected chi connectivity index (χ4v) is 2.47. The van der Waals surface area contributed by atoms with E-state index >= 15 is 0 Å². The van der Waals surface area contributed by atoms with Crippen LogP contribution >= 0.6 is 0 Å². The number of benzene rings is 2. The van der Waals surface area contributed by atoms with Crippen molar-refractivity contribution in [2.45, 2.75) is 19.3 Å². The number of amides is 1. The number of rotatable bonds is 2. The van der Waals surface area contributed by atoms with Crippen molar-refractivity contribution in [3.63, 3.8) is 0 Å². The molecule has 0 atom stereocenters. The minimum absolute atomic E-state index is 0.438. The van der Waals surface area contributed by atoms with Crippen LogP contribution in [0.3, 0.4) is 0 Å². The number of ether oxygens (including phenoxy) is 1. The van der Waals surface area contributed by atoms with Gasteiger partial charge in [0.05, 0.1) is 0 Å². The molecule has 0 unspecified atom stereocenters. The second-order valence-electron chi connectivity index (χ2n) is 4.62. The number of carbonyl (C=O) groups excluding carboxylic acids is 1. The Balaban J connectivity index is 1.72. The Morgan fingerprint density at radius 2 is 1.84 bits per heavy atom. The zero-order valence-electron chi connectivity index (χ0n) is 10.6. The van der Waals surface area contributed by atoms with Crippen molar-refractivity contribution < 1.29 is 9.53 Å². The highest BCUT2D eigenvalue weighted by Gasteiger charge is 2.16. The molecular weight excluding hydrogens is 238 g/mol. The molecule has 1 N–H and O–H groups in total. The average molecular weight is 253 g/mol. The molecule has 96 valence electrons. The Morgan fingerprint density at radius 3 is 2.68 bits per heavy atom. The van der Waals surface area contributed by atoms with Crippen molar-refractivity contribution in [3.05, 3.63) is 59.7 Å². The maximum atomic E-state index is 11.8. The van der Waals surface area contributed by atoms with E-state index < -0.39 is 6.09 Å². The Morgan fingerprint density at radius 1 is 1.00 bits per heavy atom. The summed E-state index contributed by atoms with van der Waals surface area (Å²) < 4.78 is 5.23. The van der Waals surface area contributed by atoms with E-state index in [9.17, 15) is 4.79 Å². The standard InChI is InChI=1S/C16H15NO2/c18-16(19-13-8-2-1-3-9-13)17-15-11-5-7-12-6-4-10-14(12)15/h1-3,5,7-9,11H,4,6,10H2,(H,17,18). The number of hydrogen-bond acceptors (Lipinski definition) is 2. The van der Waals surface area contributed by atoms with E-state index in [-0.39, 0.29) is 0 Å². The molecule has 0 aromatic heterocycles. The van der Waals surface area contributed by atoms with E-state index in [2.05, 4.69) is 11.4 Å². The highest BCUT2D eigenvalue weighted by atomic mass is 16.6. The van der Waals surface area contributed by atoms with Crippen LogP contribution in [0.4, 0.5) is 10.5 Å². The molecule has 0 heterocycles. The fourth-order valence-electron chi connectivity index (χ4n) is 2.47. The highest BCUT2D eigenvalue weighted by molar-refractivity contribution is 5.87. The average Bonchev–Trinajstić information content (AvgIpc) is 2.89. The van der Waals surface area contributed by atoms with Gasteiger partial charge in [-0.05, 0) is 48.6 Å². The van der Waals surface area contributed by atoms with Crippen LogP contribution in [0.1, 0.15) is 17.5 Å². The summed E-state index contributed by atoms with van der Waals surface area (Å²) in [7, 11) is 0. The summed E-state index contributed by atoms with van der Waals surface area (Å²) in [6, 6.07) is 15.1. The molecule has 0 aliphatic heterocycles. The molecule has 0 saturated heterocycles. The normalized spacial score (nSPS) is 12.8. The Labute approximate surface area is 112 Å². The third-order valence-corrected chi connectivity index (χ3v) is 3.34. The molecule has 1 amide bonds. The molecule has 1 aliphatic carbocycles. The maximum absolute atomic E-state index is 11.8. The third kappa shape index (κ3) is 2.60. The molecule has 0 bridgehead atoms. The van der Waals surface area contributed by atoms with Gasteiger partial charge in [0.2, 0.25) is 0 Å². The first-order valence-corrected chi connectivity index (χ1v) is 6.47. The first kappa shape index (κ1) is 11.8. The predicted octanol–water partition coefficient (Wildman–Crippen LogP) is 3.79. The summed E-state index contributed by atoms with van der Waals surface area (Å²) in [6.07, 6.45) is 2.84. The van der Waals surface area contributed by atoms with Crippen molar-refractivity contribution in [1.29, 1.82) is 0 Å². The van der Waals surface area contributed by atoms with E-state index in [0.717, 1.165) is 24.9 Å². The van der Waals surface area contributed by atoms with Crippen molar-refractivity contribution in [3.8, 4) is 5.75 Å². The number of carbonyl (C=O) groups is 1. The van der Waals surface area contributed by atoms with Crippen LogP contribution in [0.2, 0.25) is 0 Å². The van der Waals surface area contributed by atoms with Gasteiger partial charge >= 0.3 is 6.09 Å². The van der Waals surface area contributed by atoms with Crippen molar-refractivity contribution >= 4 is 11.8 Å². The fraction of sp³-hybridized carbons (Fsp3) is 0.188. The largest absolute Gasteiger partial charge is 0.417 e. The number of nitrogens with one attached hydrogen (secondary N) is 1. The van der Waals surface area contributed by atoms with Crippen LogP contribution in [0.15, 0.2) is 48.5 Å². The van der Waals surface area contributed by atoms with Crippen LogP contribution in [0, 0.1) is 0 Å². The highest BCUT2D eigenvalue weighted by Crippen LogP contribution is 2.28. The van der Waals surface area contributed by atoms with Crippen LogP contribution in [0.25, 0.3) is 0 Å². The van der Waals surface area contributed by atoms with Crippen LogP contribution in [0.5, 0.6) is 5.75 Å². The third-order valence-electron chi connectivity index (χ3n) is 3.34. The molecule has 3 nitrogen and oxygen atoms in total. The maximum Gasteiger partial charge on any atom is 0.417 e. The minimum atomic E-state index is -0.438. The molecule has 3 rings (SSSR count). The molecule has 0 fully saturated rings. The van der Waals surface area contributed by atoms with Gasteiger partial charge in [0.1, 0.15) is 5.75 Å². The van der Waals surface area contributed by atoms with Gasteiger partial charge in [-0.2, -0.15) is 0 Å². The van der Waals surface area contributed by atoms with Gasteiger partial charge in [-0.25, -0.2) is 4.79 Å². The summed E-state index contributed by atoms with van der Waals surface area (Å²) in [5, 5.41) is 2.83. The van der Waals surface area contributed by atoms with Crippen LogP contribution in [-0.4, -0.2) is 6.09 Å². The molecule has 3 heteroatoms. The summed E-state index contributed by atoms with van der Waals surface area (Å²) in [5.74, 6) is 0.549. The van der Waals surface area contributed by atoms with Crippen LogP contribution < -0.4 is 10.1 Å². The quantitative estimate of drug-likeness (QED) is 0.884. The van der Waals surface area contributed by atoms with E-state index in [1.807, 2.05) is 30.3 Å². The van der Waals surface area contributed by atoms with E-state index in [4.69, 9.17) is 4.74 Å². The first-order valence-electron chi connectivity index (χ1n) is 6.47. The number of para-hydroxylation sites is 1. The number of hydrogen-bond donors (Lipinski definition) is 1. The van der Waals surface area contributed by atoms with Crippen molar-refractivity contribution in [2.75, 3.05) is 5.32 Å². The molecule has 0 spiro atoms. The molecule has 19 heavy (non-hydrogen) atoms. The molecular formula is C16H15NO2. The summed E-state index contributed by atoms with van der Waals surface area (Å²) in [4.78, 5) is 11.8. The van der Waals surface area contributed by atoms with Gasteiger partial charge in [-0.3, -0.25) is 5.32 Å². The lowest BCUT2D eigenvalue weighted by molar-refractivity contribution is 0.215. The van der Waals surface area contributed by atoms with E-state index in [0.29, 0.717) is 5.75 Å². The van der Waals surface area contributed by atoms with E-state index in [1.165, 1.54) is 11.1 Å². The zero-order chi connectivity index (χ0) is 13.1. The Kier molecular flexibility index (Phi) is 3.19. The van der Waals surface area contributed by atoms with Gasteiger partial charge in [0, 0.05) is 5.69 Å². The molecule has 0 radical (unpaired) electrons. The van der Waals surface area contributed by atoms with Gasteiger partial charge < -0.3 is 4.74 Å². The molecule has 2 aromatic rings. The Bertz CT molecular complexity index is 593. The lowest BCUT2D eigenvalue weighted by Gasteiger charge is -2.10. The topological polar surface area (TPSA) is 38.3 Å². The second-order valence-corrected chi connectivity index (χ2v) is 4.62. The number of aryl methyl sites for hydroxylation is 1. The second kappa shape index (κ2) is 5.14. The smallest absolute Gasteiger partial charge is 0.410 e. The Hall–Kier alpha value is -2.29. The van der Waals surface area contributed by atoms with Crippen LogP contribution in [-0.2, 0) is 12.8 Å². The lowest BCUT2D eigenvalue weighted by Crippen LogP contribution is -2.17. The molecule has 0 saturated carbocycles. The summed E-state index contributed by atoms with van der Waals surface area (Å²) >= 11 is 0. The van der Waals surface area contributed by atoms with Crippen molar-refractivity contribution in [1.82, 2.24) is 0 Å². The minimum Gasteiger partial charge on any atom is -0.410 e. The molecule has 1 aliphatic rings. The van der Waals surface area contributed by atoms with Crippen molar-refractivity contribution in [2.24, 2.45) is 0 Å². The summed E-state index contributed by atoms with van der Waals surface area (Å²) in [5.41, 5.74) is 3.45. The zero-order valence-corrected chi connectivity index (χ0v) is 10.6. The van der Waals surface area contributed by atoms with Gasteiger partial charge in [0.25, 0.3) is 0 Å². The van der Waals surface area contributed by atoms with Gasteiger partial charge in [-0.1, -0.05) is 30.3 Å². The lowest BCUT2D eigenvalue weighted by atomic mass is 10.1. The number of anilines is 1. The summed E-state index contributed by atoms with van der Waals surface area (Å²) in [6.45, 7) is 0. The predicted molar refractivity (Wildman–Crippen MR) is 74.6 cm³/mol.